The van der Waals surface area contributed by atoms with Crippen LogP contribution in [-0.4, -0.2) is 19.9 Å². The second kappa shape index (κ2) is 7.52. The first-order chi connectivity index (χ1) is 10.5. The summed E-state index contributed by atoms with van der Waals surface area (Å²) in [6.45, 7) is 4.42. The smallest absolute Gasteiger partial charge is 0.179 e. The Hall–Kier alpha value is -1.71. The topological polar surface area (TPSA) is 30.8 Å². The van der Waals surface area contributed by atoms with E-state index in [0.29, 0.717) is 28.2 Å². The van der Waals surface area contributed by atoms with E-state index < -0.39 is 0 Å². The molecule has 0 aliphatic carbocycles. The van der Waals surface area contributed by atoms with Crippen LogP contribution in [0.4, 0.5) is 5.69 Å². The number of benzene rings is 2. The molecule has 0 unspecified atom stereocenters. The molecule has 2 aromatic carbocycles. The number of hydrogen-bond acceptors (Lipinski definition) is 3. The molecule has 0 aliphatic heterocycles. The molecule has 0 fully saturated rings. The van der Waals surface area contributed by atoms with Gasteiger partial charge in [0, 0.05) is 11.2 Å². The molecule has 5 heteroatoms. The molecule has 0 aliphatic rings. The fourth-order valence-electron chi connectivity index (χ4n) is 1.99. The highest BCUT2D eigenvalue weighted by atomic mass is 35.5. The first-order valence-corrected chi connectivity index (χ1v) is 7.61. The van der Waals surface area contributed by atoms with Gasteiger partial charge >= 0.3 is 0 Å². The third-order valence-electron chi connectivity index (χ3n) is 3.06. The van der Waals surface area contributed by atoms with Crippen LogP contribution in [-0.2, 0) is 0 Å². The van der Waals surface area contributed by atoms with Crippen molar-refractivity contribution in [3.05, 3.63) is 51.5 Å². The molecule has 0 spiro atoms. The maximum Gasteiger partial charge on any atom is 0.179 e. The average molecular weight is 338 g/mol. The van der Waals surface area contributed by atoms with Crippen LogP contribution in [0, 0.1) is 6.92 Å². The number of aliphatic imine (C=N–C) groups is 1. The molecule has 0 amide bonds. The molecule has 3 nitrogen and oxygen atoms in total. The zero-order chi connectivity index (χ0) is 16.1. The SMILES string of the molecule is CCOc1cc(C=Nc2cc(Cl)ccc2C)cc(Cl)c1OC. The first-order valence-electron chi connectivity index (χ1n) is 6.85. The molecule has 0 aromatic heterocycles. The van der Waals surface area contributed by atoms with Gasteiger partial charge in [0.05, 0.1) is 24.4 Å². The Morgan fingerprint density at radius 2 is 1.95 bits per heavy atom. The molecule has 0 saturated heterocycles. The summed E-state index contributed by atoms with van der Waals surface area (Å²) in [5.74, 6) is 1.13. The minimum Gasteiger partial charge on any atom is -0.491 e. The normalized spacial score (nSPS) is 11.0. The van der Waals surface area contributed by atoms with Gasteiger partial charge in [0.15, 0.2) is 11.5 Å². The number of methoxy groups -OCH3 is 1. The Bertz CT molecular complexity index is 699. The summed E-state index contributed by atoms with van der Waals surface area (Å²) in [5, 5.41) is 1.14. The van der Waals surface area contributed by atoms with Crippen LogP contribution in [0.2, 0.25) is 10.0 Å². The fraction of sp³-hybridized carbons (Fsp3) is 0.235. The van der Waals surface area contributed by atoms with Crippen LogP contribution in [0.25, 0.3) is 0 Å². The number of aryl methyl sites for hydroxylation is 1. The molecular weight excluding hydrogens is 321 g/mol. The fourth-order valence-corrected chi connectivity index (χ4v) is 2.45. The lowest BCUT2D eigenvalue weighted by Gasteiger charge is -2.11. The van der Waals surface area contributed by atoms with Gasteiger partial charge in [-0.2, -0.15) is 0 Å². The Kier molecular flexibility index (Phi) is 5.69. The van der Waals surface area contributed by atoms with Crippen molar-refractivity contribution in [3.8, 4) is 11.5 Å². The van der Waals surface area contributed by atoms with Gasteiger partial charge in [0.2, 0.25) is 0 Å². The summed E-state index contributed by atoms with van der Waals surface area (Å²) in [7, 11) is 1.56. The third kappa shape index (κ3) is 3.93. The summed E-state index contributed by atoms with van der Waals surface area (Å²) in [5.41, 5.74) is 2.69. The van der Waals surface area contributed by atoms with E-state index in [-0.39, 0.29) is 0 Å². The molecule has 0 heterocycles. The van der Waals surface area contributed by atoms with Gasteiger partial charge in [-0.3, -0.25) is 4.99 Å². The van der Waals surface area contributed by atoms with Crippen molar-refractivity contribution in [1.82, 2.24) is 0 Å². The van der Waals surface area contributed by atoms with E-state index in [1.165, 1.54) is 0 Å². The van der Waals surface area contributed by atoms with E-state index in [2.05, 4.69) is 4.99 Å². The van der Waals surface area contributed by atoms with Crippen LogP contribution >= 0.6 is 23.2 Å². The van der Waals surface area contributed by atoms with Crippen molar-refractivity contribution in [2.45, 2.75) is 13.8 Å². The monoisotopic (exact) mass is 337 g/mol. The van der Waals surface area contributed by atoms with E-state index in [1.54, 1.807) is 19.4 Å². The summed E-state index contributed by atoms with van der Waals surface area (Å²) < 4.78 is 10.8. The number of hydrogen-bond donors (Lipinski definition) is 0. The van der Waals surface area contributed by atoms with E-state index >= 15 is 0 Å². The highest BCUT2D eigenvalue weighted by Gasteiger charge is 2.10. The van der Waals surface area contributed by atoms with E-state index in [0.717, 1.165) is 16.8 Å². The Morgan fingerprint density at radius 1 is 1.18 bits per heavy atom. The van der Waals surface area contributed by atoms with Crippen molar-refractivity contribution >= 4 is 35.1 Å². The minimum absolute atomic E-state index is 0.484. The van der Waals surface area contributed by atoms with Gasteiger partial charge < -0.3 is 9.47 Å². The van der Waals surface area contributed by atoms with Crippen LogP contribution < -0.4 is 9.47 Å². The predicted octanol–water partition coefficient (Wildman–Crippen LogP) is 5.46. The number of rotatable bonds is 5. The van der Waals surface area contributed by atoms with Crippen LogP contribution in [0.15, 0.2) is 35.3 Å². The molecule has 0 saturated carbocycles. The summed E-state index contributed by atoms with van der Waals surface area (Å²) in [6.07, 6.45) is 1.73. The molecule has 0 N–H and O–H groups in total. The van der Waals surface area contributed by atoms with Crippen molar-refractivity contribution in [2.24, 2.45) is 4.99 Å². The molecule has 2 rings (SSSR count). The summed E-state index contributed by atoms with van der Waals surface area (Å²) in [6, 6.07) is 9.22. The molecular formula is C17H17Cl2NO2. The lowest BCUT2D eigenvalue weighted by Crippen LogP contribution is -1.97. The second-order valence-electron chi connectivity index (χ2n) is 4.66. The first kappa shape index (κ1) is 16.7. The van der Waals surface area contributed by atoms with Crippen LogP contribution in [0.1, 0.15) is 18.1 Å². The molecule has 2 aromatic rings. The quantitative estimate of drug-likeness (QED) is 0.678. The second-order valence-corrected chi connectivity index (χ2v) is 5.50. The van der Waals surface area contributed by atoms with Crippen molar-refractivity contribution in [2.75, 3.05) is 13.7 Å². The van der Waals surface area contributed by atoms with Crippen LogP contribution in [0.5, 0.6) is 11.5 Å². The predicted molar refractivity (Wildman–Crippen MR) is 92.6 cm³/mol. The highest BCUT2D eigenvalue weighted by molar-refractivity contribution is 6.32. The zero-order valence-electron chi connectivity index (χ0n) is 12.7. The van der Waals surface area contributed by atoms with Gasteiger partial charge in [0.25, 0.3) is 0 Å². The van der Waals surface area contributed by atoms with Crippen molar-refractivity contribution in [3.63, 3.8) is 0 Å². The van der Waals surface area contributed by atoms with E-state index in [9.17, 15) is 0 Å². The number of halogens is 2. The van der Waals surface area contributed by atoms with Crippen molar-refractivity contribution < 1.29 is 9.47 Å². The number of nitrogens with zero attached hydrogens (tertiary/aromatic N) is 1. The maximum atomic E-state index is 6.22. The minimum atomic E-state index is 0.484. The standard InChI is InChI=1S/C17H17Cl2NO2/c1-4-22-16-8-12(7-14(19)17(16)21-3)10-20-15-9-13(18)6-5-11(15)2/h5-10H,4H2,1-3H3. The summed E-state index contributed by atoms with van der Waals surface area (Å²) >= 11 is 12.2. The maximum absolute atomic E-state index is 6.22. The molecule has 22 heavy (non-hydrogen) atoms. The van der Waals surface area contributed by atoms with Gasteiger partial charge in [-0.15, -0.1) is 0 Å². The van der Waals surface area contributed by atoms with Gasteiger partial charge in [0.1, 0.15) is 0 Å². The van der Waals surface area contributed by atoms with E-state index in [4.69, 9.17) is 32.7 Å². The Morgan fingerprint density at radius 3 is 2.64 bits per heavy atom. The highest BCUT2D eigenvalue weighted by Crippen LogP contribution is 2.36. The molecule has 0 atom stereocenters. The van der Waals surface area contributed by atoms with Gasteiger partial charge in [-0.25, -0.2) is 0 Å². The van der Waals surface area contributed by atoms with Gasteiger partial charge in [-0.1, -0.05) is 29.3 Å². The summed E-state index contributed by atoms with van der Waals surface area (Å²) in [4.78, 5) is 4.47. The van der Waals surface area contributed by atoms with E-state index in [1.807, 2.05) is 38.1 Å². The zero-order valence-corrected chi connectivity index (χ0v) is 14.2. The van der Waals surface area contributed by atoms with Crippen molar-refractivity contribution in [1.29, 1.82) is 0 Å². The molecule has 0 bridgehead atoms. The van der Waals surface area contributed by atoms with Crippen LogP contribution in [0.3, 0.4) is 0 Å². The third-order valence-corrected chi connectivity index (χ3v) is 3.58. The van der Waals surface area contributed by atoms with Gasteiger partial charge in [-0.05, 0) is 49.2 Å². The largest absolute Gasteiger partial charge is 0.491 e. The lowest BCUT2D eigenvalue weighted by atomic mass is 10.2. The lowest BCUT2D eigenvalue weighted by molar-refractivity contribution is 0.311. The Labute approximate surface area is 140 Å². The molecule has 0 radical (unpaired) electrons. The average Bonchev–Trinajstić information content (AvgIpc) is 2.48. The molecule has 116 valence electrons. The number of ether oxygens (including phenoxy) is 2. The Balaban J connectivity index is 2.36.